The van der Waals surface area contributed by atoms with Gasteiger partial charge in [0.1, 0.15) is 18.2 Å². The Morgan fingerprint density at radius 1 is 1.11 bits per heavy atom. The summed E-state index contributed by atoms with van der Waals surface area (Å²) in [6, 6.07) is 7.63. The van der Waals surface area contributed by atoms with Gasteiger partial charge in [0, 0.05) is 12.5 Å². The van der Waals surface area contributed by atoms with E-state index in [1.54, 1.807) is 0 Å². The highest BCUT2D eigenvalue weighted by molar-refractivity contribution is 5.93. The lowest BCUT2D eigenvalue weighted by molar-refractivity contribution is -0.133. The fraction of sp³-hybridized carbons (Fsp3) is 0.615. The summed E-state index contributed by atoms with van der Waals surface area (Å²) in [5.74, 6) is -1.38. The molecule has 0 saturated carbocycles. The number of aliphatic hydroxyl groups excluding tert-OH is 1. The summed E-state index contributed by atoms with van der Waals surface area (Å²) in [6.45, 7) is 9.17. The van der Waals surface area contributed by atoms with Gasteiger partial charge in [0.2, 0.25) is 17.7 Å². The molecule has 0 radical (unpaired) electrons. The molecular weight excluding hydrogens is 464 g/mol. The number of benzene rings is 1. The van der Waals surface area contributed by atoms with Gasteiger partial charge < -0.3 is 31.1 Å². The predicted molar refractivity (Wildman–Crippen MR) is 135 cm³/mol. The van der Waals surface area contributed by atoms with Crippen molar-refractivity contribution in [1.82, 2.24) is 21.3 Å². The number of carbonyl (C=O) groups excluding carboxylic acids is 4. The van der Waals surface area contributed by atoms with Crippen LogP contribution < -0.4 is 21.3 Å². The number of rotatable bonds is 11. The third kappa shape index (κ3) is 9.49. The Morgan fingerprint density at radius 2 is 1.78 bits per heavy atom. The van der Waals surface area contributed by atoms with Gasteiger partial charge in [0.25, 0.3) is 0 Å². The van der Waals surface area contributed by atoms with Crippen molar-refractivity contribution in [2.24, 2.45) is 11.3 Å². The predicted octanol–water partition coefficient (Wildman–Crippen LogP) is 1.62. The van der Waals surface area contributed by atoms with Crippen molar-refractivity contribution in [1.29, 1.82) is 0 Å². The highest BCUT2D eigenvalue weighted by atomic mass is 16.5. The van der Waals surface area contributed by atoms with Gasteiger partial charge in [-0.1, -0.05) is 51.1 Å². The van der Waals surface area contributed by atoms with Crippen LogP contribution in [0.2, 0.25) is 0 Å². The molecule has 0 spiro atoms. The van der Waals surface area contributed by atoms with Crippen molar-refractivity contribution in [3.8, 4) is 0 Å². The topological polar surface area (TPSA) is 146 Å². The normalized spacial score (nSPS) is 17.5. The fourth-order valence-corrected chi connectivity index (χ4v) is 3.93. The van der Waals surface area contributed by atoms with Crippen LogP contribution in [0.25, 0.3) is 0 Å². The van der Waals surface area contributed by atoms with Crippen LogP contribution in [-0.2, 0) is 25.7 Å². The number of nitrogens with one attached hydrogen (secondary N) is 4. The molecule has 3 atom stereocenters. The van der Waals surface area contributed by atoms with Crippen LogP contribution in [0.1, 0.15) is 59.4 Å². The molecule has 2 rings (SSSR count). The molecule has 10 heteroatoms. The molecule has 5 N–H and O–H groups in total. The van der Waals surface area contributed by atoms with Crippen molar-refractivity contribution >= 4 is 23.8 Å². The summed E-state index contributed by atoms with van der Waals surface area (Å²) in [4.78, 5) is 50.4. The van der Waals surface area contributed by atoms with Crippen LogP contribution >= 0.6 is 0 Å². The first-order valence-electron chi connectivity index (χ1n) is 12.3. The smallest absolute Gasteiger partial charge is 0.408 e. The standard InChI is InChI=1S/C26H40N4O6/c1-25(2,3)14-20(22(33)28-19(15-31)13-18-11-12-27-21(18)32)29-23(34)26(4,5)30-24(35)36-16-17-9-7-6-8-10-17/h6-10,18-20,31H,11-16H2,1-5H3,(H,27,32)(H,28,33)(H,29,34)(H,30,35)/t18-,19-,20-/m0/s1. The van der Waals surface area contributed by atoms with Crippen molar-refractivity contribution < 1.29 is 29.0 Å². The van der Waals surface area contributed by atoms with Crippen molar-refractivity contribution in [2.75, 3.05) is 13.2 Å². The van der Waals surface area contributed by atoms with E-state index in [1.807, 2.05) is 51.1 Å². The second-order valence-electron chi connectivity index (χ2n) is 11.0. The van der Waals surface area contributed by atoms with Crippen LogP contribution in [-0.4, -0.2) is 59.7 Å². The van der Waals surface area contributed by atoms with E-state index in [1.165, 1.54) is 13.8 Å². The minimum Gasteiger partial charge on any atom is -0.445 e. The summed E-state index contributed by atoms with van der Waals surface area (Å²) in [5.41, 5.74) is -0.852. The molecule has 0 unspecified atom stereocenters. The summed E-state index contributed by atoms with van der Waals surface area (Å²) >= 11 is 0. The van der Waals surface area contributed by atoms with E-state index in [9.17, 15) is 24.3 Å². The minimum absolute atomic E-state index is 0.0565. The van der Waals surface area contributed by atoms with Crippen LogP contribution in [0.5, 0.6) is 0 Å². The molecule has 4 amide bonds. The molecule has 1 heterocycles. The molecule has 0 aliphatic carbocycles. The second-order valence-corrected chi connectivity index (χ2v) is 11.0. The number of carbonyl (C=O) groups is 4. The number of hydrogen-bond donors (Lipinski definition) is 5. The van der Waals surface area contributed by atoms with E-state index in [0.29, 0.717) is 25.8 Å². The average molecular weight is 505 g/mol. The quantitative estimate of drug-likeness (QED) is 0.310. The van der Waals surface area contributed by atoms with Crippen LogP contribution in [0.4, 0.5) is 4.79 Å². The Labute approximate surface area is 212 Å². The third-order valence-corrected chi connectivity index (χ3v) is 5.93. The fourth-order valence-electron chi connectivity index (χ4n) is 3.93. The van der Waals surface area contributed by atoms with Gasteiger partial charge in [0.15, 0.2) is 0 Å². The molecule has 0 aromatic heterocycles. The molecule has 1 aromatic rings. The van der Waals surface area contributed by atoms with Crippen molar-refractivity contribution in [2.45, 2.75) is 78.1 Å². The van der Waals surface area contributed by atoms with Gasteiger partial charge in [-0.25, -0.2) is 4.79 Å². The maximum absolute atomic E-state index is 13.1. The first-order valence-corrected chi connectivity index (χ1v) is 12.3. The number of alkyl carbamates (subject to hydrolysis) is 1. The van der Waals surface area contributed by atoms with E-state index in [2.05, 4.69) is 21.3 Å². The molecule has 0 bridgehead atoms. The summed E-state index contributed by atoms with van der Waals surface area (Å²) < 4.78 is 5.22. The third-order valence-electron chi connectivity index (χ3n) is 5.93. The SMILES string of the molecule is CC(C)(C)C[C@H](NC(=O)C(C)(C)NC(=O)OCc1ccccc1)C(=O)N[C@H](CO)C[C@@H]1CCNC1=O. The lowest BCUT2D eigenvalue weighted by Gasteiger charge is -2.31. The van der Waals surface area contributed by atoms with Gasteiger partial charge in [-0.05, 0) is 44.1 Å². The highest BCUT2D eigenvalue weighted by Gasteiger charge is 2.36. The van der Waals surface area contributed by atoms with E-state index < -0.39 is 35.5 Å². The molecule has 1 aliphatic rings. The van der Waals surface area contributed by atoms with Gasteiger partial charge in [-0.3, -0.25) is 14.4 Å². The van der Waals surface area contributed by atoms with Crippen LogP contribution in [0.15, 0.2) is 30.3 Å². The number of aliphatic hydroxyl groups is 1. The Bertz CT molecular complexity index is 913. The molecule has 200 valence electrons. The maximum Gasteiger partial charge on any atom is 0.408 e. The molecule has 10 nitrogen and oxygen atoms in total. The van der Waals surface area contributed by atoms with E-state index in [-0.39, 0.29) is 30.5 Å². The van der Waals surface area contributed by atoms with Crippen LogP contribution in [0, 0.1) is 11.3 Å². The lowest BCUT2D eigenvalue weighted by Crippen LogP contribution is -2.60. The number of amides is 4. The van der Waals surface area contributed by atoms with E-state index in [0.717, 1.165) is 5.56 Å². The van der Waals surface area contributed by atoms with Crippen molar-refractivity contribution in [3.63, 3.8) is 0 Å². The Kier molecular flexibility index (Phi) is 10.3. The van der Waals surface area contributed by atoms with Gasteiger partial charge in [-0.15, -0.1) is 0 Å². The molecule has 1 aromatic carbocycles. The lowest BCUT2D eigenvalue weighted by atomic mass is 9.87. The van der Waals surface area contributed by atoms with Gasteiger partial charge in [-0.2, -0.15) is 0 Å². The summed E-state index contributed by atoms with van der Waals surface area (Å²) in [5, 5.41) is 20.6. The van der Waals surface area contributed by atoms with Gasteiger partial charge in [0.05, 0.1) is 12.6 Å². The zero-order valence-corrected chi connectivity index (χ0v) is 21.8. The van der Waals surface area contributed by atoms with Crippen LogP contribution in [0.3, 0.4) is 0 Å². The van der Waals surface area contributed by atoms with E-state index in [4.69, 9.17) is 4.74 Å². The average Bonchev–Trinajstić information content (AvgIpc) is 3.20. The largest absolute Gasteiger partial charge is 0.445 e. The summed E-state index contributed by atoms with van der Waals surface area (Å²) in [6.07, 6.45) is 0.519. The molecular formula is C26H40N4O6. The second kappa shape index (κ2) is 12.7. The Hall–Kier alpha value is -3.14. The zero-order chi connectivity index (χ0) is 26.9. The maximum atomic E-state index is 13.1. The first-order chi connectivity index (χ1) is 16.8. The number of hydrogen-bond acceptors (Lipinski definition) is 6. The molecule has 1 fully saturated rings. The monoisotopic (exact) mass is 504 g/mol. The van der Waals surface area contributed by atoms with Crippen molar-refractivity contribution in [3.05, 3.63) is 35.9 Å². The van der Waals surface area contributed by atoms with Gasteiger partial charge >= 0.3 is 6.09 Å². The van der Waals surface area contributed by atoms with E-state index >= 15 is 0 Å². The molecule has 1 saturated heterocycles. The zero-order valence-electron chi connectivity index (χ0n) is 21.8. The minimum atomic E-state index is -1.36. The Morgan fingerprint density at radius 3 is 2.33 bits per heavy atom. The molecule has 1 aliphatic heterocycles. The number of ether oxygens (including phenoxy) is 1. The first kappa shape index (κ1) is 29.1. The highest BCUT2D eigenvalue weighted by Crippen LogP contribution is 2.22. The Balaban J connectivity index is 2.00. The molecule has 36 heavy (non-hydrogen) atoms. The summed E-state index contributed by atoms with van der Waals surface area (Å²) in [7, 11) is 0.